The van der Waals surface area contributed by atoms with Crippen LogP contribution in [0.4, 0.5) is 0 Å². The van der Waals surface area contributed by atoms with Crippen molar-refractivity contribution < 1.29 is 40.1 Å². The Morgan fingerprint density at radius 1 is 0.889 bits per heavy atom. The quantitative estimate of drug-likeness (QED) is 0.216. The fourth-order valence-electron chi connectivity index (χ4n) is 1.93. The summed E-state index contributed by atoms with van der Waals surface area (Å²) >= 11 is -1.61. The summed E-state index contributed by atoms with van der Waals surface area (Å²) in [5.41, 5.74) is 0. The van der Waals surface area contributed by atoms with Gasteiger partial charge in [-0.1, -0.05) is 12.8 Å². The average molecular weight is 431 g/mol. The normalized spacial score (nSPS) is 15.0. The summed E-state index contributed by atoms with van der Waals surface area (Å²) in [5.74, 6) is -1.25. The first-order chi connectivity index (χ1) is 12.6. The third kappa shape index (κ3) is 12.9. The summed E-state index contributed by atoms with van der Waals surface area (Å²) in [4.78, 5) is 22.7. The minimum Gasteiger partial charge on any atom is -0.464 e. The average Bonchev–Trinajstić information content (AvgIpc) is 2.57. The summed E-state index contributed by atoms with van der Waals surface area (Å²) < 4.78 is 54.5. The van der Waals surface area contributed by atoms with E-state index >= 15 is 0 Å². The molecule has 27 heavy (non-hydrogen) atoms. The van der Waals surface area contributed by atoms with E-state index in [0.717, 1.165) is 0 Å². The van der Waals surface area contributed by atoms with Gasteiger partial charge in [0.25, 0.3) is 10.1 Å². The highest BCUT2D eigenvalue weighted by Crippen LogP contribution is 2.09. The standard InChI is InChI=1S/C16H30O9S2/c1-5-22-15(17)13(3)24-26(19)11-9-7-8-10-12-27(20,21)25-14(4)16(18)23-6-2/h13-14H,5-12H2,1-4H3. The Morgan fingerprint density at radius 2 is 1.41 bits per heavy atom. The number of ether oxygens (including phenoxy) is 2. The maximum absolute atomic E-state index is 11.8. The largest absolute Gasteiger partial charge is 0.464 e. The molecule has 0 saturated heterocycles. The summed E-state index contributed by atoms with van der Waals surface area (Å²) in [6.45, 7) is 6.46. The van der Waals surface area contributed by atoms with Gasteiger partial charge in [-0.3, -0.25) is 8.37 Å². The maximum atomic E-state index is 11.8. The van der Waals surface area contributed by atoms with E-state index in [1.165, 1.54) is 13.8 Å². The Morgan fingerprint density at radius 3 is 1.96 bits per heavy atom. The van der Waals surface area contributed by atoms with Crippen molar-refractivity contribution in [2.45, 2.75) is 65.6 Å². The van der Waals surface area contributed by atoms with Crippen LogP contribution < -0.4 is 0 Å². The fraction of sp³-hybridized carbons (Fsp3) is 0.875. The van der Waals surface area contributed by atoms with Gasteiger partial charge in [0, 0.05) is 5.75 Å². The Kier molecular flexibility index (Phi) is 13.5. The first-order valence-electron chi connectivity index (χ1n) is 8.92. The van der Waals surface area contributed by atoms with E-state index < -0.39 is 45.3 Å². The van der Waals surface area contributed by atoms with E-state index in [9.17, 15) is 22.2 Å². The molecule has 9 nitrogen and oxygen atoms in total. The zero-order valence-electron chi connectivity index (χ0n) is 16.3. The minimum absolute atomic E-state index is 0.149. The Bertz CT molecular complexity index is 574. The van der Waals surface area contributed by atoms with Crippen LogP contribution in [0.3, 0.4) is 0 Å². The summed E-state index contributed by atoms with van der Waals surface area (Å²) in [6, 6.07) is 0. The highest BCUT2D eigenvalue weighted by Gasteiger charge is 2.22. The number of hydrogen-bond acceptors (Lipinski definition) is 9. The zero-order chi connectivity index (χ0) is 20.9. The first kappa shape index (κ1) is 26.0. The molecule has 160 valence electrons. The first-order valence-corrected chi connectivity index (χ1v) is 11.7. The van der Waals surface area contributed by atoms with Crippen molar-refractivity contribution in [2.75, 3.05) is 24.7 Å². The lowest BCUT2D eigenvalue weighted by Crippen LogP contribution is -2.27. The van der Waals surface area contributed by atoms with Crippen molar-refractivity contribution in [3.63, 3.8) is 0 Å². The predicted octanol–water partition coefficient (Wildman–Crippen LogP) is 1.48. The van der Waals surface area contributed by atoms with Crippen LogP contribution in [-0.4, -0.2) is 61.5 Å². The van der Waals surface area contributed by atoms with Gasteiger partial charge in [-0.15, -0.1) is 0 Å². The second-order valence-electron chi connectivity index (χ2n) is 5.66. The van der Waals surface area contributed by atoms with Crippen LogP contribution in [0.5, 0.6) is 0 Å². The lowest BCUT2D eigenvalue weighted by atomic mass is 10.2. The van der Waals surface area contributed by atoms with Crippen LogP contribution >= 0.6 is 0 Å². The molecule has 0 aliphatic rings. The maximum Gasteiger partial charge on any atom is 0.336 e. The number of unbranched alkanes of at least 4 members (excludes halogenated alkanes) is 3. The fourth-order valence-corrected chi connectivity index (χ4v) is 4.04. The number of rotatable bonds is 15. The molecule has 0 heterocycles. The highest BCUT2D eigenvalue weighted by molar-refractivity contribution is 7.86. The van der Waals surface area contributed by atoms with E-state index in [1.54, 1.807) is 13.8 Å². The molecule has 0 N–H and O–H groups in total. The van der Waals surface area contributed by atoms with E-state index in [1.807, 2.05) is 0 Å². The number of carbonyl (C=O) groups is 2. The zero-order valence-corrected chi connectivity index (χ0v) is 17.9. The lowest BCUT2D eigenvalue weighted by molar-refractivity contribution is -0.151. The molecule has 0 aromatic heterocycles. The molecular formula is C16H30O9S2. The van der Waals surface area contributed by atoms with Crippen LogP contribution in [-0.2, 0) is 48.6 Å². The van der Waals surface area contributed by atoms with Gasteiger partial charge in [-0.05, 0) is 40.5 Å². The Labute approximate surface area is 163 Å². The van der Waals surface area contributed by atoms with Crippen LogP contribution in [0.25, 0.3) is 0 Å². The second kappa shape index (κ2) is 14.0. The molecule has 0 aromatic carbocycles. The molecule has 0 bridgehead atoms. The smallest absolute Gasteiger partial charge is 0.336 e. The molecule has 0 amide bonds. The van der Waals surface area contributed by atoms with E-state index in [4.69, 9.17) is 13.1 Å². The summed E-state index contributed by atoms with van der Waals surface area (Å²) in [6.07, 6.45) is 0.0742. The number of hydrogen-bond donors (Lipinski definition) is 0. The number of carbonyl (C=O) groups excluding carboxylic acids is 2. The van der Waals surface area contributed by atoms with Gasteiger partial charge in [0.1, 0.15) is 0 Å². The van der Waals surface area contributed by atoms with Crippen molar-refractivity contribution in [3.05, 3.63) is 0 Å². The van der Waals surface area contributed by atoms with E-state index in [0.29, 0.717) is 25.7 Å². The van der Waals surface area contributed by atoms with Gasteiger partial charge in [-0.2, -0.15) is 8.42 Å². The monoisotopic (exact) mass is 430 g/mol. The van der Waals surface area contributed by atoms with Crippen molar-refractivity contribution in [2.24, 2.45) is 0 Å². The molecule has 0 rings (SSSR count). The highest BCUT2D eigenvalue weighted by atomic mass is 32.2. The van der Waals surface area contributed by atoms with Crippen LogP contribution in [0.15, 0.2) is 0 Å². The van der Waals surface area contributed by atoms with Gasteiger partial charge in [0.15, 0.2) is 23.3 Å². The van der Waals surface area contributed by atoms with Crippen molar-refractivity contribution in [3.8, 4) is 0 Å². The van der Waals surface area contributed by atoms with Crippen molar-refractivity contribution >= 4 is 33.1 Å². The predicted molar refractivity (Wildman–Crippen MR) is 99.6 cm³/mol. The van der Waals surface area contributed by atoms with Crippen molar-refractivity contribution in [1.82, 2.24) is 0 Å². The molecular weight excluding hydrogens is 400 g/mol. The molecule has 11 heteroatoms. The lowest BCUT2D eigenvalue weighted by Gasteiger charge is -2.12. The van der Waals surface area contributed by atoms with Gasteiger partial charge in [0.2, 0.25) is 0 Å². The topological polar surface area (TPSA) is 122 Å². The Balaban J connectivity index is 3.94. The van der Waals surface area contributed by atoms with Gasteiger partial charge >= 0.3 is 11.9 Å². The summed E-state index contributed by atoms with van der Waals surface area (Å²) in [7, 11) is -3.82. The molecule has 0 saturated carbocycles. The molecule has 0 spiro atoms. The molecule has 0 aliphatic carbocycles. The van der Waals surface area contributed by atoms with E-state index in [2.05, 4.69) is 4.74 Å². The van der Waals surface area contributed by atoms with Crippen LogP contribution in [0, 0.1) is 0 Å². The minimum atomic E-state index is -3.82. The SMILES string of the molecule is CCOC(=O)C(C)OS(=O)CCCCCCS(=O)(=O)OC(C)C(=O)OCC. The second-order valence-corrected chi connectivity index (χ2v) is 8.59. The molecule has 0 fully saturated rings. The van der Waals surface area contributed by atoms with E-state index in [-0.39, 0.29) is 24.7 Å². The molecule has 3 unspecified atom stereocenters. The van der Waals surface area contributed by atoms with Crippen LogP contribution in [0.1, 0.15) is 53.4 Å². The molecule has 3 atom stereocenters. The van der Waals surface area contributed by atoms with Gasteiger partial charge < -0.3 is 9.47 Å². The third-order valence-electron chi connectivity index (χ3n) is 3.23. The molecule has 0 radical (unpaired) electrons. The third-order valence-corrected chi connectivity index (χ3v) is 5.73. The molecule has 0 aromatic rings. The summed E-state index contributed by atoms with van der Waals surface area (Å²) in [5, 5.41) is 0. The van der Waals surface area contributed by atoms with Gasteiger partial charge in [-0.25, -0.2) is 13.8 Å². The molecule has 0 aliphatic heterocycles. The van der Waals surface area contributed by atoms with Crippen LogP contribution in [0.2, 0.25) is 0 Å². The Hall–Kier alpha value is -1.04. The van der Waals surface area contributed by atoms with Gasteiger partial charge in [0.05, 0.1) is 19.0 Å². The number of esters is 2. The van der Waals surface area contributed by atoms with Crippen molar-refractivity contribution in [1.29, 1.82) is 0 Å².